The van der Waals surface area contributed by atoms with Crippen LogP contribution in [-0.4, -0.2) is 117 Å². The number of anilines is 2. The standard InChI is InChI=1S/C25H35F2N9O4S/c1-33(2)13-16-41(37,38)32-17-7-9-34(10-8-17)23-29-24(35-11-14-40-15-12-35)31-25(30-23)36-18-5-4-6-19(39-3)20(18)28-22(36)21(26)27/h4-6,17,21,32H,7-16H2,1-3H3. The topological polar surface area (TPSA) is 131 Å². The second kappa shape index (κ2) is 12.3. The Hall–Kier alpha value is -3.21. The highest BCUT2D eigenvalue weighted by molar-refractivity contribution is 7.89. The van der Waals surface area contributed by atoms with E-state index in [0.717, 1.165) is 0 Å². The fourth-order valence-corrected chi connectivity index (χ4v) is 6.38. The largest absolute Gasteiger partial charge is 0.494 e. The monoisotopic (exact) mass is 595 g/mol. The Morgan fingerprint density at radius 3 is 2.27 bits per heavy atom. The number of sulfonamides is 1. The fraction of sp³-hybridized carbons (Fsp3) is 0.600. The van der Waals surface area contributed by atoms with E-state index in [2.05, 4.69) is 19.7 Å². The molecule has 2 saturated heterocycles. The molecule has 41 heavy (non-hydrogen) atoms. The van der Waals surface area contributed by atoms with Crippen LogP contribution in [0.4, 0.5) is 20.7 Å². The first-order chi connectivity index (χ1) is 19.6. The highest BCUT2D eigenvalue weighted by Crippen LogP contribution is 2.32. The minimum atomic E-state index is -3.42. The molecule has 3 aromatic rings. The average molecular weight is 596 g/mol. The lowest BCUT2D eigenvalue weighted by Gasteiger charge is -2.33. The molecule has 0 spiro atoms. The van der Waals surface area contributed by atoms with Crippen molar-refractivity contribution in [2.45, 2.75) is 25.3 Å². The summed E-state index contributed by atoms with van der Waals surface area (Å²) < 4.78 is 68.5. The lowest BCUT2D eigenvalue weighted by molar-refractivity contribution is 0.122. The van der Waals surface area contributed by atoms with Gasteiger partial charge >= 0.3 is 0 Å². The molecule has 2 aliphatic heterocycles. The van der Waals surface area contributed by atoms with Crippen LogP contribution >= 0.6 is 0 Å². The molecule has 13 nitrogen and oxygen atoms in total. The number of nitrogens with zero attached hydrogens (tertiary/aromatic N) is 8. The quantitative estimate of drug-likeness (QED) is 0.365. The summed E-state index contributed by atoms with van der Waals surface area (Å²) in [5.74, 6) is 0.589. The number of alkyl halides is 2. The Balaban J connectivity index is 1.47. The fourth-order valence-electron chi connectivity index (χ4n) is 4.92. The molecule has 224 valence electrons. The van der Waals surface area contributed by atoms with E-state index >= 15 is 0 Å². The Morgan fingerprint density at radius 1 is 1.02 bits per heavy atom. The predicted molar refractivity (Wildman–Crippen MR) is 150 cm³/mol. The molecule has 1 N–H and O–H groups in total. The van der Waals surface area contributed by atoms with Gasteiger partial charge in [-0.15, -0.1) is 0 Å². The van der Waals surface area contributed by atoms with Crippen LogP contribution in [0.15, 0.2) is 18.2 Å². The van der Waals surface area contributed by atoms with Crippen LogP contribution < -0.4 is 19.3 Å². The van der Waals surface area contributed by atoms with Gasteiger partial charge in [-0.25, -0.2) is 26.9 Å². The molecular formula is C25H35F2N9O4S. The maximum absolute atomic E-state index is 14.3. The summed E-state index contributed by atoms with van der Waals surface area (Å²) in [6.45, 7) is 3.45. The molecule has 0 aliphatic carbocycles. The van der Waals surface area contributed by atoms with Gasteiger partial charge in [0.25, 0.3) is 6.43 Å². The van der Waals surface area contributed by atoms with Crippen LogP contribution in [-0.2, 0) is 14.8 Å². The molecule has 2 aromatic heterocycles. The van der Waals surface area contributed by atoms with Gasteiger partial charge in [-0.05, 0) is 39.1 Å². The van der Waals surface area contributed by atoms with Crippen molar-refractivity contribution < 1.29 is 26.7 Å². The Labute approximate surface area is 237 Å². The zero-order chi connectivity index (χ0) is 29.1. The highest BCUT2D eigenvalue weighted by Gasteiger charge is 2.29. The number of methoxy groups -OCH3 is 1. The summed E-state index contributed by atoms with van der Waals surface area (Å²) in [7, 11) is 1.70. The van der Waals surface area contributed by atoms with Crippen molar-refractivity contribution in [1.82, 2.24) is 34.1 Å². The number of aromatic nitrogens is 5. The number of benzene rings is 1. The van der Waals surface area contributed by atoms with E-state index in [-0.39, 0.29) is 23.3 Å². The van der Waals surface area contributed by atoms with Crippen molar-refractivity contribution in [2.75, 3.05) is 82.7 Å². The molecule has 0 bridgehead atoms. The van der Waals surface area contributed by atoms with E-state index in [0.29, 0.717) is 81.9 Å². The van der Waals surface area contributed by atoms with Gasteiger partial charge in [0.15, 0.2) is 5.82 Å². The Bertz CT molecular complexity index is 1460. The summed E-state index contributed by atoms with van der Waals surface area (Å²) in [6.07, 6.45) is -1.80. The number of hydrogen-bond donors (Lipinski definition) is 1. The van der Waals surface area contributed by atoms with E-state index < -0.39 is 22.3 Å². The number of hydrogen-bond acceptors (Lipinski definition) is 11. The van der Waals surface area contributed by atoms with E-state index in [4.69, 9.17) is 14.5 Å². The molecule has 0 radical (unpaired) electrons. The first kappa shape index (κ1) is 29.3. The second-order valence-electron chi connectivity index (χ2n) is 10.3. The van der Waals surface area contributed by atoms with Crippen molar-refractivity contribution in [3.05, 3.63) is 24.0 Å². The maximum atomic E-state index is 14.3. The number of para-hydroxylation sites is 1. The molecular weight excluding hydrogens is 560 g/mol. The van der Waals surface area contributed by atoms with Crippen LogP contribution in [0, 0.1) is 0 Å². The van der Waals surface area contributed by atoms with Gasteiger partial charge in [0, 0.05) is 38.8 Å². The highest BCUT2D eigenvalue weighted by atomic mass is 32.2. The lowest BCUT2D eigenvalue weighted by Crippen LogP contribution is -2.46. The number of piperidine rings is 1. The smallest absolute Gasteiger partial charge is 0.296 e. The van der Waals surface area contributed by atoms with E-state index in [1.165, 1.54) is 11.7 Å². The molecule has 0 saturated carbocycles. The van der Waals surface area contributed by atoms with Crippen molar-refractivity contribution in [3.63, 3.8) is 0 Å². The van der Waals surface area contributed by atoms with Gasteiger partial charge < -0.3 is 24.2 Å². The second-order valence-corrected chi connectivity index (χ2v) is 12.1. The molecule has 2 fully saturated rings. The number of halogens is 2. The third-order valence-corrected chi connectivity index (χ3v) is 8.53. The summed E-state index contributed by atoms with van der Waals surface area (Å²) in [4.78, 5) is 23.8. The number of rotatable bonds is 10. The predicted octanol–water partition coefficient (Wildman–Crippen LogP) is 1.44. The molecule has 5 rings (SSSR count). The summed E-state index contributed by atoms with van der Waals surface area (Å²) in [5.41, 5.74) is 0.665. The number of morpholine rings is 1. The van der Waals surface area contributed by atoms with Crippen LogP contribution in [0.1, 0.15) is 25.1 Å². The van der Waals surface area contributed by atoms with Crippen molar-refractivity contribution >= 4 is 33.0 Å². The first-order valence-electron chi connectivity index (χ1n) is 13.5. The lowest BCUT2D eigenvalue weighted by atomic mass is 10.1. The van der Waals surface area contributed by atoms with Gasteiger partial charge in [0.2, 0.25) is 27.9 Å². The van der Waals surface area contributed by atoms with Gasteiger partial charge in [0.05, 0.1) is 31.6 Å². The zero-order valence-corrected chi connectivity index (χ0v) is 24.1. The van der Waals surface area contributed by atoms with Crippen molar-refractivity contribution in [1.29, 1.82) is 0 Å². The molecule has 0 atom stereocenters. The van der Waals surface area contributed by atoms with Crippen LogP contribution in [0.3, 0.4) is 0 Å². The third-order valence-electron chi connectivity index (χ3n) is 7.11. The molecule has 0 unspecified atom stereocenters. The number of nitrogens with one attached hydrogen (secondary N) is 1. The maximum Gasteiger partial charge on any atom is 0.296 e. The minimum absolute atomic E-state index is 0.0223. The van der Waals surface area contributed by atoms with Gasteiger partial charge in [-0.1, -0.05) is 6.07 Å². The van der Waals surface area contributed by atoms with Gasteiger partial charge in [-0.2, -0.15) is 15.0 Å². The summed E-state index contributed by atoms with van der Waals surface area (Å²) in [5, 5.41) is 0. The molecule has 1 aromatic carbocycles. The van der Waals surface area contributed by atoms with E-state index in [1.54, 1.807) is 18.2 Å². The van der Waals surface area contributed by atoms with Crippen LogP contribution in [0.2, 0.25) is 0 Å². The van der Waals surface area contributed by atoms with Gasteiger partial charge in [0.1, 0.15) is 11.3 Å². The third kappa shape index (κ3) is 6.66. The SMILES string of the molecule is COc1cccc2c1nc(C(F)F)n2-c1nc(N2CCOCC2)nc(N2CCC(NS(=O)(=O)CCN(C)C)CC2)n1. The molecule has 16 heteroatoms. The number of fused-ring (bicyclic) bond motifs is 1. The molecule has 2 aliphatic rings. The van der Waals surface area contributed by atoms with Crippen molar-refractivity contribution in [2.24, 2.45) is 0 Å². The first-order valence-corrected chi connectivity index (χ1v) is 15.1. The average Bonchev–Trinajstić information content (AvgIpc) is 3.37. The Morgan fingerprint density at radius 2 is 1.66 bits per heavy atom. The molecule has 0 amide bonds. The van der Waals surface area contributed by atoms with Gasteiger partial charge in [-0.3, -0.25) is 4.57 Å². The molecule has 4 heterocycles. The normalized spacial score (nSPS) is 17.2. The van der Waals surface area contributed by atoms with Crippen molar-refractivity contribution in [3.8, 4) is 11.7 Å². The van der Waals surface area contributed by atoms with Crippen LogP contribution in [0.25, 0.3) is 17.0 Å². The zero-order valence-electron chi connectivity index (χ0n) is 23.3. The summed E-state index contributed by atoms with van der Waals surface area (Å²) in [6, 6.07) is 4.81. The van der Waals surface area contributed by atoms with E-state index in [1.807, 2.05) is 28.8 Å². The van der Waals surface area contributed by atoms with E-state index in [9.17, 15) is 17.2 Å². The summed E-state index contributed by atoms with van der Waals surface area (Å²) >= 11 is 0. The van der Waals surface area contributed by atoms with Crippen LogP contribution in [0.5, 0.6) is 5.75 Å². The minimum Gasteiger partial charge on any atom is -0.494 e. The Kier molecular flexibility index (Phi) is 8.82. The number of imidazole rings is 1. The number of ether oxygens (including phenoxy) is 2.